The van der Waals surface area contributed by atoms with Gasteiger partial charge in [0.05, 0.1) is 32.6 Å². The van der Waals surface area contributed by atoms with Crippen molar-refractivity contribution in [1.82, 2.24) is 0 Å². The van der Waals surface area contributed by atoms with Crippen LogP contribution in [0.1, 0.15) is 20.7 Å². The summed E-state index contributed by atoms with van der Waals surface area (Å²) >= 11 is 0. The summed E-state index contributed by atoms with van der Waals surface area (Å²) in [7, 11) is 4.36. The third-order valence-corrected chi connectivity index (χ3v) is 3.22. The molecule has 6 heteroatoms. The van der Waals surface area contributed by atoms with Gasteiger partial charge in [-0.1, -0.05) is 0 Å². The van der Waals surface area contributed by atoms with Crippen LogP contribution in [0.5, 0.6) is 11.5 Å². The third-order valence-electron chi connectivity index (χ3n) is 3.22. The molecule has 1 amide bonds. The third kappa shape index (κ3) is 3.79. The van der Waals surface area contributed by atoms with E-state index in [4.69, 9.17) is 9.47 Å². The van der Waals surface area contributed by atoms with Crippen LogP contribution >= 0.6 is 0 Å². The highest BCUT2D eigenvalue weighted by Crippen LogP contribution is 2.29. The van der Waals surface area contributed by atoms with E-state index in [1.165, 1.54) is 26.4 Å². The topological polar surface area (TPSA) is 73.9 Å². The van der Waals surface area contributed by atoms with Crippen LogP contribution in [0.3, 0.4) is 0 Å². The molecule has 6 nitrogen and oxygen atoms in total. The lowest BCUT2D eigenvalue weighted by atomic mass is 10.1. The van der Waals surface area contributed by atoms with Gasteiger partial charge >= 0.3 is 5.97 Å². The van der Waals surface area contributed by atoms with Gasteiger partial charge in [0, 0.05) is 11.6 Å². The second kappa shape index (κ2) is 7.31. The minimum Gasteiger partial charge on any atom is -0.497 e. The number of methoxy groups -OCH3 is 3. The van der Waals surface area contributed by atoms with Crippen LogP contribution in [0.4, 0.5) is 5.69 Å². The normalized spacial score (nSPS) is 9.87. The summed E-state index contributed by atoms with van der Waals surface area (Å²) < 4.78 is 15.0. The zero-order valence-electron chi connectivity index (χ0n) is 13.1. The first kappa shape index (κ1) is 16.4. The van der Waals surface area contributed by atoms with Gasteiger partial charge in [-0.25, -0.2) is 4.79 Å². The maximum absolute atomic E-state index is 12.3. The first-order chi connectivity index (χ1) is 11.1. The Hall–Kier alpha value is -3.02. The van der Waals surface area contributed by atoms with Crippen LogP contribution in [-0.2, 0) is 4.74 Å². The molecule has 0 fully saturated rings. The quantitative estimate of drug-likeness (QED) is 0.859. The van der Waals surface area contributed by atoms with Crippen LogP contribution in [0.2, 0.25) is 0 Å². The van der Waals surface area contributed by atoms with Gasteiger partial charge in [-0.05, 0) is 36.4 Å². The summed E-state index contributed by atoms with van der Waals surface area (Å²) in [4.78, 5) is 23.7. The van der Waals surface area contributed by atoms with Gasteiger partial charge < -0.3 is 19.5 Å². The van der Waals surface area contributed by atoms with E-state index < -0.39 is 5.97 Å². The largest absolute Gasteiger partial charge is 0.497 e. The molecule has 23 heavy (non-hydrogen) atoms. The van der Waals surface area contributed by atoms with E-state index in [-0.39, 0.29) is 5.91 Å². The summed E-state index contributed by atoms with van der Waals surface area (Å²) in [6, 6.07) is 11.3. The van der Waals surface area contributed by atoms with Gasteiger partial charge in [-0.15, -0.1) is 0 Å². The average molecular weight is 315 g/mol. The molecule has 2 rings (SSSR count). The van der Waals surface area contributed by atoms with Gasteiger partial charge in [-0.3, -0.25) is 4.79 Å². The molecule has 0 radical (unpaired) electrons. The monoisotopic (exact) mass is 315 g/mol. The van der Waals surface area contributed by atoms with Crippen LogP contribution < -0.4 is 14.8 Å². The summed E-state index contributed by atoms with van der Waals surface area (Å²) in [5.74, 6) is 0.340. The minimum absolute atomic E-state index is 0.326. The van der Waals surface area contributed by atoms with Crippen molar-refractivity contribution in [3.63, 3.8) is 0 Å². The number of nitrogens with one attached hydrogen (secondary N) is 1. The SMILES string of the molecule is COC(=O)c1ccc(C(=O)Nc2cc(OC)ccc2OC)cc1. The van der Waals surface area contributed by atoms with Gasteiger partial charge in [-0.2, -0.15) is 0 Å². The van der Waals surface area contributed by atoms with Crippen molar-refractivity contribution in [1.29, 1.82) is 0 Å². The molecule has 2 aromatic carbocycles. The molecule has 0 atom stereocenters. The van der Waals surface area contributed by atoms with Crippen LogP contribution in [0.25, 0.3) is 0 Å². The van der Waals surface area contributed by atoms with Gasteiger partial charge in [0.15, 0.2) is 0 Å². The Morgan fingerprint density at radius 3 is 2.09 bits per heavy atom. The Labute approximate surface area is 134 Å². The Balaban J connectivity index is 2.20. The van der Waals surface area contributed by atoms with Gasteiger partial charge in [0.1, 0.15) is 11.5 Å². The smallest absolute Gasteiger partial charge is 0.337 e. The standard InChI is InChI=1S/C17H17NO5/c1-21-13-8-9-15(22-2)14(10-13)18-16(19)11-4-6-12(7-5-11)17(20)23-3/h4-10H,1-3H3,(H,18,19). The second-order valence-corrected chi connectivity index (χ2v) is 4.59. The van der Waals surface area contributed by atoms with Crippen molar-refractivity contribution in [3.8, 4) is 11.5 Å². The first-order valence-corrected chi connectivity index (χ1v) is 6.80. The molecule has 0 aliphatic carbocycles. The van der Waals surface area contributed by atoms with E-state index in [1.54, 1.807) is 37.4 Å². The predicted octanol–water partition coefficient (Wildman–Crippen LogP) is 2.74. The van der Waals surface area contributed by atoms with E-state index in [2.05, 4.69) is 10.1 Å². The minimum atomic E-state index is -0.452. The first-order valence-electron chi connectivity index (χ1n) is 6.80. The van der Waals surface area contributed by atoms with Crippen molar-refractivity contribution in [2.75, 3.05) is 26.6 Å². The summed E-state index contributed by atoms with van der Waals surface area (Å²) in [5, 5.41) is 2.76. The highest BCUT2D eigenvalue weighted by Gasteiger charge is 2.12. The Morgan fingerprint density at radius 2 is 1.52 bits per heavy atom. The maximum atomic E-state index is 12.3. The lowest BCUT2D eigenvalue weighted by Gasteiger charge is -2.12. The number of rotatable bonds is 5. The fraction of sp³-hybridized carbons (Fsp3) is 0.176. The molecule has 0 aliphatic heterocycles. The molecule has 0 bridgehead atoms. The molecule has 0 spiro atoms. The molecular weight excluding hydrogens is 298 g/mol. The number of amides is 1. The van der Waals surface area contributed by atoms with E-state index in [9.17, 15) is 9.59 Å². The van der Waals surface area contributed by atoms with Gasteiger partial charge in [0.2, 0.25) is 0 Å². The Kier molecular flexibility index (Phi) is 5.19. The van der Waals surface area contributed by atoms with Crippen LogP contribution in [0.15, 0.2) is 42.5 Å². The molecule has 1 N–H and O–H groups in total. The zero-order valence-corrected chi connectivity index (χ0v) is 13.1. The molecular formula is C17H17NO5. The van der Waals surface area contributed by atoms with Crippen molar-refractivity contribution in [2.45, 2.75) is 0 Å². The van der Waals surface area contributed by atoms with Crippen molar-refractivity contribution in [3.05, 3.63) is 53.6 Å². The summed E-state index contributed by atoms with van der Waals surface area (Å²) in [5.41, 5.74) is 1.28. The van der Waals surface area contributed by atoms with Crippen molar-refractivity contribution >= 4 is 17.6 Å². The Morgan fingerprint density at radius 1 is 0.870 bits per heavy atom. The number of anilines is 1. The molecule has 0 unspecified atom stereocenters. The molecule has 2 aromatic rings. The van der Waals surface area contributed by atoms with E-state index in [1.807, 2.05) is 0 Å². The predicted molar refractivity (Wildman–Crippen MR) is 85.3 cm³/mol. The van der Waals surface area contributed by atoms with Gasteiger partial charge in [0.25, 0.3) is 5.91 Å². The van der Waals surface area contributed by atoms with Crippen LogP contribution in [-0.4, -0.2) is 33.2 Å². The van der Waals surface area contributed by atoms with E-state index in [0.717, 1.165) is 0 Å². The molecule has 0 aromatic heterocycles. The zero-order chi connectivity index (χ0) is 16.8. The number of benzene rings is 2. The van der Waals surface area contributed by atoms with Crippen molar-refractivity contribution < 1.29 is 23.8 Å². The highest BCUT2D eigenvalue weighted by molar-refractivity contribution is 6.05. The fourth-order valence-electron chi connectivity index (χ4n) is 1.98. The molecule has 0 saturated carbocycles. The fourth-order valence-corrected chi connectivity index (χ4v) is 1.98. The average Bonchev–Trinajstić information content (AvgIpc) is 2.61. The summed E-state index contributed by atoms with van der Waals surface area (Å²) in [6.07, 6.45) is 0. The molecule has 0 heterocycles. The lowest BCUT2D eigenvalue weighted by molar-refractivity contribution is 0.0600. The van der Waals surface area contributed by atoms with E-state index in [0.29, 0.717) is 28.3 Å². The summed E-state index contributed by atoms with van der Waals surface area (Å²) in [6.45, 7) is 0. The number of hydrogen-bond acceptors (Lipinski definition) is 5. The number of carbonyl (C=O) groups excluding carboxylic acids is 2. The number of esters is 1. The second-order valence-electron chi connectivity index (χ2n) is 4.59. The van der Waals surface area contributed by atoms with Crippen LogP contribution in [0, 0.1) is 0 Å². The molecule has 0 aliphatic rings. The number of ether oxygens (including phenoxy) is 3. The maximum Gasteiger partial charge on any atom is 0.337 e. The number of carbonyl (C=O) groups is 2. The molecule has 0 saturated heterocycles. The molecule has 120 valence electrons. The van der Waals surface area contributed by atoms with Crippen molar-refractivity contribution in [2.24, 2.45) is 0 Å². The number of hydrogen-bond donors (Lipinski definition) is 1. The lowest BCUT2D eigenvalue weighted by Crippen LogP contribution is -2.13. The Bertz CT molecular complexity index is 709. The highest BCUT2D eigenvalue weighted by atomic mass is 16.5. The van der Waals surface area contributed by atoms with E-state index >= 15 is 0 Å².